The topological polar surface area (TPSA) is 116 Å². The summed E-state index contributed by atoms with van der Waals surface area (Å²) >= 11 is 0. The summed E-state index contributed by atoms with van der Waals surface area (Å²) in [5.74, 6) is -1.93. The predicted molar refractivity (Wildman–Crippen MR) is 51.4 cm³/mol. The smallest absolute Gasteiger partial charge is 0.252 e. The molecule has 0 saturated carbocycles. The average Bonchev–Trinajstić information content (AvgIpc) is 2.13. The number of primary amides is 2. The Bertz CT molecular complexity index is 251. The molecule has 0 heterocycles. The van der Waals surface area contributed by atoms with E-state index in [0.29, 0.717) is 0 Å². The van der Waals surface area contributed by atoms with Crippen LogP contribution in [0, 0.1) is 0 Å². The molecule has 0 fully saturated rings. The standard InChI is InChI=1S/C8H15N3O4/c1-5(15-2)8(14)11(3-6(9)12)4-7(10)13/h5H,3-4H2,1-2H3,(H2,9,12)(H2,10,13). The van der Waals surface area contributed by atoms with Gasteiger partial charge in [0, 0.05) is 7.11 Å². The van der Waals surface area contributed by atoms with E-state index in [0.717, 1.165) is 4.90 Å². The maximum absolute atomic E-state index is 11.5. The van der Waals surface area contributed by atoms with Crippen molar-refractivity contribution in [3.63, 3.8) is 0 Å². The van der Waals surface area contributed by atoms with Gasteiger partial charge in [-0.25, -0.2) is 0 Å². The largest absolute Gasteiger partial charge is 0.372 e. The van der Waals surface area contributed by atoms with Crippen LogP contribution in [0.3, 0.4) is 0 Å². The van der Waals surface area contributed by atoms with Gasteiger partial charge >= 0.3 is 0 Å². The monoisotopic (exact) mass is 217 g/mol. The fourth-order valence-corrected chi connectivity index (χ4v) is 0.946. The molecule has 4 N–H and O–H groups in total. The molecule has 15 heavy (non-hydrogen) atoms. The number of rotatable bonds is 6. The lowest BCUT2D eigenvalue weighted by Gasteiger charge is -2.22. The van der Waals surface area contributed by atoms with Crippen LogP contribution in [-0.2, 0) is 19.1 Å². The Hall–Kier alpha value is -1.63. The first kappa shape index (κ1) is 13.4. The highest BCUT2D eigenvalue weighted by Gasteiger charge is 2.22. The van der Waals surface area contributed by atoms with Gasteiger partial charge < -0.3 is 21.1 Å². The van der Waals surface area contributed by atoms with E-state index in [2.05, 4.69) is 0 Å². The van der Waals surface area contributed by atoms with E-state index in [-0.39, 0.29) is 13.1 Å². The van der Waals surface area contributed by atoms with Crippen LogP contribution in [0.1, 0.15) is 6.92 Å². The average molecular weight is 217 g/mol. The maximum Gasteiger partial charge on any atom is 0.252 e. The quantitative estimate of drug-likeness (QED) is 0.526. The Labute approximate surface area is 87.3 Å². The Morgan fingerprint density at radius 1 is 1.20 bits per heavy atom. The third kappa shape index (κ3) is 4.96. The summed E-state index contributed by atoms with van der Waals surface area (Å²) in [7, 11) is 1.34. The zero-order chi connectivity index (χ0) is 12.0. The third-order valence-electron chi connectivity index (χ3n) is 1.71. The van der Waals surface area contributed by atoms with Crippen LogP contribution in [0.25, 0.3) is 0 Å². The van der Waals surface area contributed by atoms with Crippen molar-refractivity contribution in [2.24, 2.45) is 11.5 Å². The van der Waals surface area contributed by atoms with Crippen molar-refractivity contribution in [1.82, 2.24) is 4.90 Å². The number of ether oxygens (including phenoxy) is 1. The molecule has 0 aliphatic heterocycles. The molecule has 0 aromatic carbocycles. The summed E-state index contributed by atoms with van der Waals surface area (Å²) < 4.78 is 4.76. The zero-order valence-corrected chi connectivity index (χ0v) is 8.73. The van der Waals surface area contributed by atoms with E-state index in [9.17, 15) is 14.4 Å². The fourth-order valence-electron chi connectivity index (χ4n) is 0.946. The number of nitrogens with zero attached hydrogens (tertiary/aromatic N) is 1. The van der Waals surface area contributed by atoms with Crippen molar-refractivity contribution in [1.29, 1.82) is 0 Å². The van der Waals surface area contributed by atoms with Gasteiger partial charge in [-0.2, -0.15) is 0 Å². The second-order valence-electron chi connectivity index (χ2n) is 3.00. The van der Waals surface area contributed by atoms with E-state index in [4.69, 9.17) is 16.2 Å². The molecule has 0 aliphatic carbocycles. The molecular formula is C8H15N3O4. The number of hydrogen-bond acceptors (Lipinski definition) is 4. The third-order valence-corrected chi connectivity index (χ3v) is 1.71. The molecule has 7 nitrogen and oxygen atoms in total. The molecule has 1 unspecified atom stereocenters. The molecule has 0 spiro atoms. The van der Waals surface area contributed by atoms with E-state index < -0.39 is 23.8 Å². The highest BCUT2D eigenvalue weighted by atomic mass is 16.5. The van der Waals surface area contributed by atoms with E-state index in [1.54, 1.807) is 0 Å². The number of methoxy groups -OCH3 is 1. The minimum Gasteiger partial charge on any atom is -0.372 e. The van der Waals surface area contributed by atoms with E-state index in [1.165, 1.54) is 14.0 Å². The molecule has 3 amide bonds. The minimum atomic E-state index is -0.747. The molecule has 86 valence electrons. The molecule has 7 heteroatoms. The summed E-state index contributed by atoms with van der Waals surface area (Å²) in [5, 5.41) is 0. The van der Waals surface area contributed by atoms with Gasteiger partial charge in [0.25, 0.3) is 5.91 Å². The maximum atomic E-state index is 11.5. The van der Waals surface area contributed by atoms with Gasteiger partial charge in [-0.05, 0) is 6.92 Å². The normalized spacial score (nSPS) is 11.9. The van der Waals surface area contributed by atoms with Crippen LogP contribution in [0.4, 0.5) is 0 Å². The lowest BCUT2D eigenvalue weighted by molar-refractivity contribution is -0.145. The van der Waals surface area contributed by atoms with E-state index in [1.807, 2.05) is 0 Å². The minimum absolute atomic E-state index is 0.352. The molecule has 1 atom stereocenters. The van der Waals surface area contributed by atoms with Crippen molar-refractivity contribution < 1.29 is 19.1 Å². The predicted octanol–water partition coefficient (Wildman–Crippen LogP) is -2.18. The highest BCUT2D eigenvalue weighted by molar-refractivity contribution is 5.89. The van der Waals surface area contributed by atoms with Crippen molar-refractivity contribution in [3.05, 3.63) is 0 Å². The highest BCUT2D eigenvalue weighted by Crippen LogP contribution is 1.97. The van der Waals surface area contributed by atoms with Gasteiger partial charge in [0.1, 0.15) is 6.10 Å². The Balaban J connectivity index is 4.53. The van der Waals surface area contributed by atoms with Crippen LogP contribution < -0.4 is 11.5 Å². The van der Waals surface area contributed by atoms with Gasteiger partial charge in [0.15, 0.2) is 0 Å². The van der Waals surface area contributed by atoms with Crippen molar-refractivity contribution >= 4 is 17.7 Å². The summed E-state index contributed by atoms with van der Waals surface area (Å²) in [6.45, 7) is 0.794. The molecular weight excluding hydrogens is 202 g/mol. The van der Waals surface area contributed by atoms with Crippen molar-refractivity contribution in [2.75, 3.05) is 20.2 Å². The van der Waals surface area contributed by atoms with Gasteiger partial charge in [-0.15, -0.1) is 0 Å². The van der Waals surface area contributed by atoms with Crippen molar-refractivity contribution in [3.8, 4) is 0 Å². The Kier molecular flexibility index (Phi) is 5.32. The summed E-state index contributed by atoms with van der Waals surface area (Å²) in [5.41, 5.74) is 9.85. The first-order chi connectivity index (χ1) is 6.88. The first-order valence-corrected chi connectivity index (χ1v) is 4.26. The number of hydrogen-bond donors (Lipinski definition) is 2. The lowest BCUT2D eigenvalue weighted by Crippen LogP contribution is -2.47. The fraction of sp³-hybridized carbons (Fsp3) is 0.625. The van der Waals surface area contributed by atoms with E-state index >= 15 is 0 Å². The summed E-state index contributed by atoms with van der Waals surface area (Å²) in [4.78, 5) is 33.8. The Morgan fingerprint density at radius 2 is 1.60 bits per heavy atom. The van der Waals surface area contributed by atoms with Gasteiger partial charge in [0.2, 0.25) is 11.8 Å². The SMILES string of the molecule is COC(C)C(=O)N(CC(N)=O)CC(N)=O. The van der Waals surface area contributed by atoms with Crippen LogP contribution in [-0.4, -0.2) is 48.9 Å². The molecule has 0 radical (unpaired) electrons. The molecule has 0 saturated heterocycles. The molecule has 0 aliphatic rings. The summed E-state index contributed by atoms with van der Waals surface area (Å²) in [6.07, 6.45) is -0.747. The zero-order valence-electron chi connectivity index (χ0n) is 8.73. The van der Waals surface area contributed by atoms with Crippen LogP contribution in [0.15, 0.2) is 0 Å². The lowest BCUT2D eigenvalue weighted by atomic mass is 10.3. The van der Waals surface area contributed by atoms with Gasteiger partial charge in [-0.3, -0.25) is 14.4 Å². The molecule has 0 aromatic heterocycles. The van der Waals surface area contributed by atoms with Crippen LogP contribution in [0.5, 0.6) is 0 Å². The van der Waals surface area contributed by atoms with Gasteiger partial charge in [0.05, 0.1) is 13.1 Å². The Morgan fingerprint density at radius 3 is 1.87 bits per heavy atom. The van der Waals surface area contributed by atoms with Crippen molar-refractivity contribution in [2.45, 2.75) is 13.0 Å². The molecule has 0 aromatic rings. The first-order valence-electron chi connectivity index (χ1n) is 4.26. The number of carbonyl (C=O) groups excluding carboxylic acids is 3. The molecule has 0 rings (SSSR count). The second-order valence-corrected chi connectivity index (χ2v) is 3.00. The van der Waals surface area contributed by atoms with Gasteiger partial charge in [-0.1, -0.05) is 0 Å². The van der Waals surface area contributed by atoms with Crippen LogP contribution >= 0.6 is 0 Å². The van der Waals surface area contributed by atoms with Crippen LogP contribution in [0.2, 0.25) is 0 Å². The number of carbonyl (C=O) groups is 3. The summed E-state index contributed by atoms with van der Waals surface area (Å²) in [6, 6.07) is 0. The number of nitrogens with two attached hydrogens (primary N) is 2. The number of amides is 3. The molecule has 0 bridgehead atoms. The second kappa shape index (κ2) is 5.97.